The highest BCUT2D eigenvalue weighted by atomic mass is 16.5. The summed E-state index contributed by atoms with van der Waals surface area (Å²) in [7, 11) is 4.04. The third kappa shape index (κ3) is 2.28. The number of para-hydroxylation sites is 1. The van der Waals surface area contributed by atoms with E-state index in [0.29, 0.717) is 43.5 Å². The average Bonchev–Trinajstić information content (AvgIpc) is 3.30. The summed E-state index contributed by atoms with van der Waals surface area (Å²) in [5.74, 6) is -1.61. The first kappa shape index (κ1) is 21.0. The fraction of sp³-hybridized carbons (Fsp3) is 0.542. The van der Waals surface area contributed by atoms with Gasteiger partial charge in [0.15, 0.2) is 0 Å². The Morgan fingerprint density at radius 3 is 2.50 bits per heavy atom. The van der Waals surface area contributed by atoms with Gasteiger partial charge in [0.25, 0.3) is 0 Å². The van der Waals surface area contributed by atoms with Gasteiger partial charge in [-0.15, -0.1) is 0 Å². The number of benzene rings is 1. The molecule has 2 spiro atoms. The van der Waals surface area contributed by atoms with Gasteiger partial charge in [0.1, 0.15) is 5.41 Å². The number of amides is 1. The first-order valence-electron chi connectivity index (χ1n) is 11.0. The maximum absolute atomic E-state index is 13.8. The second-order valence-electron chi connectivity index (χ2n) is 9.13. The number of rotatable bonds is 2. The van der Waals surface area contributed by atoms with E-state index in [1.54, 1.807) is 4.90 Å². The molecule has 2 saturated heterocycles. The Bertz CT molecular complexity index is 1020. The van der Waals surface area contributed by atoms with Gasteiger partial charge >= 0.3 is 18.0 Å². The lowest BCUT2D eigenvalue weighted by Gasteiger charge is -2.60. The summed E-state index contributed by atoms with van der Waals surface area (Å²) in [5, 5.41) is 0. The topological polar surface area (TPSA) is 85.4 Å². The molecule has 3 fully saturated rings. The van der Waals surface area contributed by atoms with Gasteiger partial charge in [-0.25, -0.2) is 4.79 Å². The Hall–Kier alpha value is -2.87. The van der Waals surface area contributed by atoms with E-state index in [-0.39, 0.29) is 5.54 Å². The molecule has 32 heavy (non-hydrogen) atoms. The standard InChI is InChI=1S/C24H28N2O6/c1-30-19(27)17-15-22-9-6-13-25(22)14-12-23(20(28)31-2)16-7-4-5-8-18(16)26(21(29)32-3)24(17,23)11-10-22/h4-9,17H,10-15H2,1-3H3/t17-,22+,23-,24-/m1/s1. The van der Waals surface area contributed by atoms with Gasteiger partial charge in [0, 0.05) is 18.6 Å². The van der Waals surface area contributed by atoms with Crippen LogP contribution in [-0.2, 0) is 29.2 Å². The van der Waals surface area contributed by atoms with Crippen LogP contribution in [0.4, 0.5) is 10.5 Å². The second kappa shape index (κ2) is 7.07. The molecule has 1 saturated carbocycles. The molecule has 4 atom stereocenters. The van der Waals surface area contributed by atoms with Gasteiger partial charge in [0.2, 0.25) is 0 Å². The molecular weight excluding hydrogens is 412 g/mol. The number of hydrogen-bond acceptors (Lipinski definition) is 7. The van der Waals surface area contributed by atoms with Crippen LogP contribution in [0.25, 0.3) is 0 Å². The van der Waals surface area contributed by atoms with E-state index in [0.717, 1.165) is 6.54 Å². The molecule has 0 N–H and O–H groups in total. The third-order valence-electron chi connectivity index (χ3n) is 8.33. The number of esters is 2. The average molecular weight is 440 g/mol. The van der Waals surface area contributed by atoms with E-state index in [4.69, 9.17) is 14.2 Å². The minimum absolute atomic E-state index is 0.289. The van der Waals surface area contributed by atoms with Gasteiger partial charge in [0.05, 0.1) is 38.5 Å². The van der Waals surface area contributed by atoms with Crippen LogP contribution in [0.1, 0.15) is 31.2 Å². The quantitative estimate of drug-likeness (QED) is 0.397. The number of anilines is 1. The molecule has 2 bridgehead atoms. The summed E-state index contributed by atoms with van der Waals surface area (Å²) in [4.78, 5) is 44.4. The zero-order chi connectivity index (χ0) is 22.7. The number of methoxy groups -OCH3 is 3. The van der Waals surface area contributed by atoms with Crippen molar-refractivity contribution in [2.45, 2.75) is 42.2 Å². The van der Waals surface area contributed by atoms with Crippen LogP contribution in [0.5, 0.6) is 0 Å². The Labute approximate surface area is 187 Å². The first-order valence-corrected chi connectivity index (χ1v) is 11.0. The van der Waals surface area contributed by atoms with Crippen molar-refractivity contribution in [2.24, 2.45) is 5.92 Å². The fourth-order valence-corrected chi connectivity index (χ4v) is 7.08. The zero-order valence-electron chi connectivity index (χ0n) is 18.6. The predicted molar refractivity (Wildman–Crippen MR) is 115 cm³/mol. The van der Waals surface area contributed by atoms with Gasteiger partial charge in [-0.2, -0.15) is 0 Å². The first-order chi connectivity index (χ1) is 15.4. The molecule has 0 radical (unpaired) electrons. The van der Waals surface area contributed by atoms with E-state index in [1.165, 1.54) is 21.3 Å². The van der Waals surface area contributed by atoms with Gasteiger partial charge in [-0.3, -0.25) is 19.4 Å². The minimum atomic E-state index is -1.22. The molecule has 1 amide bonds. The highest BCUT2D eigenvalue weighted by Gasteiger charge is 2.75. The van der Waals surface area contributed by atoms with Crippen molar-refractivity contribution < 1.29 is 28.6 Å². The number of ether oxygens (including phenoxy) is 3. The van der Waals surface area contributed by atoms with Gasteiger partial charge in [-0.1, -0.05) is 30.4 Å². The molecule has 0 aromatic heterocycles. The molecule has 4 heterocycles. The van der Waals surface area contributed by atoms with Crippen LogP contribution in [0.3, 0.4) is 0 Å². The molecule has 1 aromatic rings. The molecule has 8 heteroatoms. The van der Waals surface area contributed by atoms with Crippen LogP contribution in [0.15, 0.2) is 36.4 Å². The Morgan fingerprint density at radius 1 is 1.00 bits per heavy atom. The molecule has 170 valence electrons. The third-order valence-corrected chi connectivity index (χ3v) is 8.33. The van der Waals surface area contributed by atoms with Crippen molar-refractivity contribution in [1.29, 1.82) is 0 Å². The van der Waals surface area contributed by atoms with Crippen molar-refractivity contribution in [3.63, 3.8) is 0 Å². The predicted octanol–water partition coefficient (Wildman–Crippen LogP) is 2.41. The normalized spacial score (nSPS) is 34.7. The van der Waals surface area contributed by atoms with Crippen LogP contribution >= 0.6 is 0 Å². The van der Waals surface area contributed by atoms with Crippen molar-refractivity contribution in [2.75, 3.05) is 39.3 Å². The summed E-state index contributed by atoms with van der Waals surface area (Å²) in [5.41, 5.74) is -1.40. The summed E-state index contributed by atoms with van der Waals surface area (Å²) in [6.45, 7) is 1.40. The number of carbonyl (C=O) groups is 3. The second-order valence-corrected chi connectivity index (χ2v) is 9.13. The molecule has 8 nitrogen and oxygen atoms in total. The minimum Gasteiger partial charge on any atom is -0.469 e. The van der Waals surface area contributed by atoms with Gasteiger partial charge < -0.3 is 14.2 Å². The van der Waals surface area contributed by atoms with E-state index < -0.39 is 34.9 Å². The lowest BCUT2D eigenvalue weighted by atomic mass is 9.51. The summed E-state index contributed by atoms with van der Waals surface area (Å²) in [6.07, 6.45) is 5.74. The maximum atomic E-state index is 13.8. The molecule has 1 aliphatic carbocycles. The van der Waals surface area contributed by atoms with E-state index in [9.17, 15) is 14.4 Å². The molecule has 1 aromatic carbocycles. The van der Waals surface area contributed by atoms with Crippen molar-refractivity contribution in [3.8, 4) is 0 Å². The fourth-order valence-electron chi connectivity index (χ4n) is 7.08. The number of hydrogen-bond donors (Lipinski definition) is 0. The lowest BCUT2D eigenvalue weighted by Crippen LogP contribution is -2.74. The van der Waals surface area contributed by atoms with Crippen LogP contribution < -0.4 is 4.90 Å². The monoisotopic (exact) mass is 440 g/mol. The number of carbonyl (C=O) groups excluding carboxylic acids is 3. The lowest BCUT2D eigenvalue weighted by molar-refractivity contribution is -0.164. The molecular formula is C24H28N2O6. The van der Waals surface area contributed by atoms with Crippen molar-refractivity contribution in [1.82, 2.24) is 4.90 Å². The SMILES string of the molecule is COC(=O)[C@H]1C[C@@]23C=CCN2CC[C@]2(C(=O)OC)c4ccccc4N(C(=O)OC)[C@]12CC3. The summed E-state index contributed by atoms with van der Waals surface area (Å²) < 4.78 is 15.9. The highest BCUT2D eigenvalue weighted by Crippen LogP contribution is 2.65. The van der Waals surface area contributed by atoms with Crippen molar-refractivity contribution >= 4 is 23.7 Å². The number of nitrogens with zero attached hydrogens (tertiary/aromatic N) is 2. The smallest absolute Gasteiger partial charge is 0.414 e. The Kier molecular flexibility index (Phi) is 4.64. The Morgan fingerprint density at radius 2 is 1.78 bits per heavy atom. The van der Waals surface area contributed by atoms with Crippen LogP contribution in [-0.4, -0.2) is 68.4 Å². The molecule has 6 rings (SSSR count). The maximum Gasteiger partial charge on any atom is 0.414 e. The van der Waals surface area contributed by atoms with Gasteiger partial charge in [-0.05, 0) is 37.3 Å². The van der Waals surface area contributed by atoms with E-state index in [2.05, 4.69) is 17.1 Å². The molecule has 4 aliphatic heterocycles. The van der Waals surface area contributed by atoms with Crippen molar-refractivity contribution in [3.05, 3.63) is 42.0 Å². The summed E-state index contributed by atoms with van der Waals surface area (Å²) >= 11 is 0. The highest BCUT2D eigenvalue weighted by molar-refractivity contribution is 6.03. The molecule has 5 aliphatic rings. The largest absolute Gasteiger partial charge is 0.469 e. The summed E-state index contributed by atoms with van der Waals surface area (Å²) in [6, 6.07) is 7.37. The molecule has 0 unspecified atom stereocenters. The van der Waals surface area contributed by atoms with Crippen LogP contribution in [0, 0.1) is 5.92 Å². The van der Waals surface area contributed by atoms with Crippen LogP contribution in [0.2, 0.25) is 0 Å². The Balaban J connectivity index is 1.86. The van der Waals surface area contributed by atoms with E-state index in [1.807, 2.05) is 24.3 Å². The zero-order valence-corrected chi connectivity index (χ0v) is 18.6. The van der Waals surface area contributed by atoms with E-state index >= 15 is 0 Å². The number of fused-ring (bicyclic) bond motifs is 4.